The minimum atomic E-state index is -0.335. The van der Waals surface area contributed by atoms with Gasteiger partial charge in [0.15, 0.2) is 0 Å². The van der Waals surface area contributed by atoms with Gasteiger partial charge in [-0.15, -0.1) is 0 Å². The summed E-state index contributed by atoms with van der Waals surface area (Å²) in [6.45, 7) is 3.97. The van der Waals surface area contributed by atoms with Crippen LogP contribution in [0.3, 0.4) is 0 Å². The summed E-state index contributed by atoms with van der Waals surface area (Å²) in [6.07, 6.45) is 5.13. The molecule has 4 aromatic rings. The lowest BCUT2D eigenvalue weighted by Gasteiger charge is -2.32. The third kappa shape index (κ3) is 5.88. The van der Waals surface area contributed by atoms with Crippen LogP contribution in [0.5, 0.6) is 5.88 Å². The number of ether oxygens (including phenoxy) is 2. The second-order valence-electron chi connectivity index (χ2n) is 10.1. The number of halogens is 2. The first-order valence-electron chi connectivity index (χ1n) is 13.2. The zero-order chi connectivity index (χ0) is 26.8. The van der Waals surface area contributed by atoms with E-state index >= 15 is 0 Å². The summed E-state index contributed by atoms with van der Waals surface area (Å²) in [6, 6.07) is 14.2. The lowest BCUT2D eigenvalue weighted by atomic mass is 10.1. The fourth-order valence-corrected chi connectivity index (χ4v) is 5.29. The Hall–Kier alpha value is -3.58. The average Bonchev–Trinajstić information content (AvgIpc) is 3.25. The minimum absolute atomic E-state index is 0.0563. The highest BCUT2D eigenvalue weighted by Crippen LogP contribution is 2.25. The van der Waals surface area contributed by atoms with Crippen molar-refractivity contribution in [2.24, 2.45) is 0 Å². The van der Waals surface area contributed by atoms with E-state index in [1.807, 2.05) is 18.2 Å². The Morgan fingerprint density at radius 2 is 1.97 bits per heavy atom. The van der Waals surface area contributed by atoms with Crippen molar-refractivity contribution in [1.82, 2.24) is 24.4 Å². The number of nitriles is 1. The molecule has 2 saturated heterocycles. The van der Waals surface area contributed by atoms with Crippen LogP contribution in [0.15, 0.2) is 48.7 Å². The minimum Gasteiger partial charge on any atom is -0.474 e. The lowest BCUT2D eigenvalue weighted by molar-refractivity contribution is -0.0592. The largest absolute Gasteiger partial charge is 0.474 e. The molecule has 2 aliphatic rings. The van der Waals surface area contributed by atoms with Crippen LogP contribution in [0.2, 0.25) is 5.02 Å². The molecule has 0 spiro atoms. The van der Waals surface area contributed by atoms with E-state index in [9.17, 15) is 9.65 Å². The number of nitrogens with zero attached hydrogens (tertiary/aromatic N) is 6. The molecule has 1 aromatic carbocycles. The second-order valence-corrected chi connectivity index (χ2v) is 10.5. The zero-order valence-corrected chi connectivity index (χ0v) is 22.1. The number of imidazole rings is 1. The van der Waals surface area contributed by atoms with Crippen LogP contribution < -0.4 is 4.74 Å². The van der Waals surface area contributed by atoms with Crippen molar-refractivity contribution in [3.63, 3.8) is 0 Å². The molecule has 2 aliphatic heterocycles. The molecule has 10 heteroatoms. The van der Waals surface area contributed by atoms with Gasteiger partial charge < -0.3 is 14.0 Å². The van der Waals surface area contributed by atoms with Crippen molar-refractivity contribution in [2.75, 3.05) is 19.7 Å². The maximum atomic E-state index is 14.2. The molecule has 0 radical (unpaired) electrons. The molecule has 6 rings (SSSR count). The van der Waals surface area contributed by atoms with E-state index in [4.69, 9.17) is 26.1 Å². The molecule has 0 saturated carbocycles. The van der Waals surface area contributed by atoms with Crippen molar-refractivity contribution < 1.29 is 13.9 Å². The smallest absolute Gasteiger partial charge is 0.213 e. The Bertz CT molecular complexity index is 1520. The maximum absolute atomic E-state index is 14.2. The van der Waals surface area contributed by atoms with Crippen LogP contribution >= 0.6 is 11.6 Å². The first-order chi connectivity index (χ1) is 19.0. The second kappa shape index (κ2) is 11.3. The average molecular weight is 547 g/mol. The Balaban J connectivity index is 1.08. The summed E-state index contributed by atoms with van der Waals surface area (Å²) in [5, 5.41) is 9.63. The molecule has 0 aliphatic carbocycles. The predicted octanol–water partition coefficient (Wildman–Crippen LogP) is 4.91. The van der Waals surface area contributed by atoms with E-state index in [-0.39, 0.29) is 18.0 Å². The molecule has 5 heterocycles. The van der Waals surface area contributed by atoms with Crippen LogP contribution in [0, 0.1) is 17.1 Å². The van der Waals surface area contributed by atoms with Gasteiger partial charge in [0, 0.05) is 49.0 Å². The van der Waals surface area contributed by atoms with Crippen molar-refractivity contribution in [2.45, 2.75) is 51.0 Å². The Kier molecular flexibility index (Phi) is 7.42. The summed E-state index contributed by atoms with van der Waals surface area (Å²) >= 11 is 5.87. The third-order valence-electron chi connectivity index (χ3n) is 7.36. The van der Waals surface area contributed by atoms with Gasteiger partial charge in [0.05, 0.1) is 36.4 Å². The first-order valence-corrected chi connectivity index (χ1v) is 13.6. The van der Waals surface area contributed by atoms with Crippen molar-refractivity contribution in [3.8, 4) is 11.9 Å². The maximum Gasteiger partial charge on any atom is 0.213 e. The molecule has 1 unspecified atom stereocenters. The van der Waals surface area contributed by atoms with Gasteiger partial charge in [0.1, 0.15) is 29.5 Å². The predicted molar refractivity (Wildman–Crippen MR) is 144 cm³/mol. The summed E-state index contributed by atoms with van der Waals surface area (Å²) in [5.41, 5.74) is 3.38. The molecule has 39 heavy (non-hydrogen) atoms. The molecular weight excluding hydrogens is 519 g/mol. The number of hydrogen-bond acceptors (Lipinski definition) is 7. The quantitative estimate of drug-likeness (QED) is 0.310. The molecule has 0 bridgehead atoms. The van der Waals surface area contributed by atoms with Crippen molar-refractivity contribution >= 4 is 22.6 Å². The molecule has 1 atom stereocenters. The SMILES string of the molecule is N#Cc1cc2nc(CN3CCC(Oc4cccc(Cc5ccc(Cl)cc5F)n4)CC3)n(CC3CCO3)c2cn1. The fourth-order valence-electron chi connectivity index (χ4n) is 5.13. The summed E-state index contributed by atoms with van der Waals surface area (Å²) in [7, 11) is 0. The number of hydrogen-bond donors (Lipinski definition) is 0. The number of benzene rings is 1. The molecule has 200 valence electrons. The van der Waals surface area contributed by atoms with Gasteiger partial charge >= 0.3 is 0 Å². The third-order valence-corrected chi connectivity index (χ3v) is 7.60. The van der Waals surface area contributed by atoms with Crippen molar-refractivity contribution in [3.05, 3.63) is 82.3 Å². The molecule has 3 aromatic heterocycles. The molecule has 8 nitrogen and oxygen atoms in total. The molecular formula is C29H28ClFN6O2. The van der Waals surface area contributed by atoms with Gasteiger partial charge in [-0.1, -0.05) is 23.7 Å². The standard InChI is InChI=1S/C29H28ClFN6O2/c30-20-5-4-19(25(31)13-20)12-21-2-1-3-29(34-21)39-23-6-9-36(10-7-23)18-28-35-26-14-22(15-32)33-16-27(26)37(28)17-24-8-11-38-24/h1-5,13-14,16,23-24H,6-12,17-18H2. The van der Waals surface area contributed by atoms with Gasteiger partial charge in [0.2, 0.25) is 5.88 Å². The van der Waals surface area contributed by atoms with Gasteiger partial charge in [-0.25, -0.2) is 19.3 Å². The highest BCUT2D eigenvalue weighted by atomic mass is 35.5. The number of likely N-dealkylation sites (tertiary alicyclic amines) is 1. The first kappa shape index (κ1) is 25.7. The molecule has 2 fully saturated rings. The summed E-state index contributed by atoms with van der Waals surface area (Å²) in [4.78, 5) is 16.1. The van der Waals surface area contributed by atoms with Crippen LogP contribution in [-0.4, -0.2) is 56.3 Å². The van der Waals surface area contributed by atoms with E-state index in [1.54, 1.807) is 24.4 Å². The fraction of sp³-hybridized carbons (Fsp3) is 0.379. The number of pyridine rings is 2. The van der Waals surface area contributed by atoms with Crippen molar-refractivity contribution in [1.29, 1.82) is 5.26 Å². The van der Waals surface area contributed by atoms with Gasteiger partial charge in [-0.05, 0) is 43.0 Å². The van der Waals surface area contributed by atoms with E-state index in [1.165, 1.54) is 6.07 Å². The van der Waals surface area contributed by atoms with Gasteiger partial charge in [-0.3, -0.25) is 4.90 Å². The monoisotopic (exact) mass is 546 g/mol. The number of aromatic nitrogens is 4. The normalized spacial score (nSPS) is 18.1. The number of piperidine rings is 1. The Labute approximate surface area is 231 Å². The van der Waals surface area contributed by atoms with E-state index in [0.717, 1.165) is 68.1 Å². The van der Waals surface area contributed by atoms with Crippen LogP contribution in [0.25, 0.3) is 11.0 Å². The highest BCUT2D eigenvalue weighted by Gasteiger charge is 2.26. The summed E-state index contributed by atoms with van der Waals surface area (Å²) in [5.74, 6) is 1.18. The van der Waals surface area contributed by atoms with Gasteiger partial charge in [0.25, 0.3) is 0 Å². The van der Waals surface area contributed by atoms with E-state index < -0.39 is 0 Å². The van der Waals surface area contributed by atoms with Crippen LogP contribution in [0.1, 0.15) is 42.0 Å². The van der Waals surface area contributed by atoms with E-state index in [2.05, 4.69) is 25.5 Å². The lowest BCUT2D eigenvalue weighted by Crippen LogP contribution is -2.39. The topological polar surface area (TPSA) is 89.1 Å². The zero-order valence-electron chi connectivity index (χ0n) is 21.4. The molecule has 0 amide bonds. The van der Waals surface area contributed by atoms with Crippen LogP contribution in [0.4, 0.5) is 4.39 Å². The number of fused-ring (bicyclic) bond motifs is 1. The number of rotatable bonds is 8. The van der Waals surface area contributed by atoms with Crippen LogP contribution in [-0.2, 0) is 24.2 Å². The highest BCUT2D eigenvalue weighted by molar-refractivity contribution is 6.30. The van der Waals surface area contributed by atoms with E-state index in [0.29, 0.717) is 35.1 Å². The molecule has 0 N–H and O–H groups in total. The Morgan fingerprint density at radius 1 is 1.13 bits per heavy atom. The van der Waals surface area contributed by atoms with Gasteiger partial charge in [-0.2, -0.15) is 5.26 Å². The Morgan fingerprint density at radius 3 is 2.72 bits per heavy atom. The summed E-state index contributed by atoms with van der Waals surface area (Å²) < 4.78 is 28.3.